The van der Waals surface area contributed by atoms with Crippen molar-refractivity contribution < 1.29 is 14.1 Å². The van der Waals surface area contributed by atoms with Crippen LogP contribution in [0.2, 0.25) is 0 Å². The molecule has 0 aliphatic heterocycles. The van der Waals surface area contributed by atoms with Gasteiger partial charge < -0.3 is 20.5 Å². The molecule has 2 heterocycles. The summed E-state index contributed by atoms with van der Waals surface area (Å²) in [6, 6.07) is 11.9. The molecule has 3 aromatic rings. The fourth-order valence-electron chi connectivity index (χ4n) is 2.21. The van der Waals surface area contributed by atoms with Crippen molar-refractivity contribution in [2.75, 3.05) is 16.0 Å². The summed E-state index contributed by atoms with van der Waals surface area (Å²) in [5.41, 5.74) is 2.23. The Morgan fingerprint density at radius 1 is 0.962 bits per heavy atom. The molecular weight excluding hydrogens is 334 g/mol. The third kappa shape index (κ3) is 4.44. The second-order valence-electron chi connectivity index (χ2n) is 5.59. The first-order valence-corrected chi connectivity index (χ1v) is 7.85. The molecule has 0 fully saturated rings. The maximum absolute atomic E-state index is 12.3. The molecule has 0 saturated heterocycles. The SMILES string of the molecule is CC(=O)Nc1ccc(NC(=O)c2ccc(Nc3cc(C)on3)cn2)cc1. The maximum Gasteiger partial charge on any atom is 0.274 e. The largest absolute Gasteiger partial charge is 0.360 e. The van der Waals surface area contributed by atoms with E-state index >= 15 is 0 Å². The number of hydrogen-bond acceptors (Lipinski definition) is 6. The van der Waals surface area contributed by atoms with Gasteiger partial charge in [-0.25, -0.2) is 4.98 Å². The molecule has 2 amide bonds. The summed E-state index contributed by atoms with van der Waals surface area (Å²) < 4.78 is 4.97. The summed E-state index contributed by atoms with van der Waals surface area (Å²) in [6.07, 6.45) is 1.54. The number of amides is 2. The Bertz CT molecular complexity index is 917. The number of carbonyl (C=O) groups excluding carboxylic acids is 2. The van der Waals surface area contributed by atoms with Gasteiger partial charge in [0.2, 0.25) is 5.91 Å². The number of benzene rings is 1. The molecule has 8 nitrogen and oxygen atoms in total. The Balaban J connectivity index is 1.61. The van der Waals surface area contributed by atoms with Gasteiger partial charge in [0.15, 0.2) is 5.82 Å². The topological polar surface area (TPSA) is 109 Å². The maximum atomic E-state index is 12.3. The van der Waals surface area contributed by atoms with E-state index in [0.717, 1.165) is 0 Å². The lowest BCUT2D eigenvalue weighted by molar-refractivity contribution is -0.114. The molecule has 2 aromatic heterocycles. The average molecular weight is 351 g/mol. The fourth-order valence-corrected chi connectivity index (χ4v) is 2.21. The van der Waals surface area contributed by atoms with Crippen LogP contribution in [0.3, 0.4) is 0 Å². The van der Waals surface area contributed by atoms with Crippen LogP contribution in [0.1, 0.15) is 23.2 Å². The van der Waals surface area contributed by atoms with Crippen LogP contribution < -0.4 is 16.0 Å². The highest BCUT2D eigenvalue weighted by Crippen LogP contribution is 2.17. The second-order valence-corrected chi connectivity index (χ2v) is 5.59. The number of aromatic nitrogens is 2. The minimum absolute atomic E-state index is 0.152. The highest BCUT2D eigenvalue weighted by atomic mass is 16.5. The van der Waals surface area contributed by atoms with Gasteiger partial charge in [-0.2, -0.15) is 0 Å². The number of pyridine rings is 1. The first kappa shape index (κ1) is 17.2. The zero-order valence-corrected chi connectivity index (χ0v) is 14.2. The molecule has 0 unspecified atom stereocenters. The van der Waals surface area contributed by atoms with Crippen LogP contribution in [-0.4, -0.2) is 22.0 Å². The third-order valence-corrected chi connectivity index (χ3v) is 3.36. The summed E-state index contributed by atoms with van der Waals surface area (Å²) in [5, 5.41) is 12.3. The molecule has 1 aromatic carbocycles. The lowest BCUT2D eigenvalue weighted by atomic mass is 10.2. The number of carbonyl (C=O) groups is 2. The van der Waals surface area contributed by atoms with E-state index in [-0.39, 0.29) is 17.5 Å². The molecule has 0 saturated carbocycles. The van der Waals surface area contributed by atoms with E-state index in [2.05, 4.69) is 26.1 Å². The van der Waals surface area contributed by atoms with Crippen LogP contribution in [0.5, 0.6) is 0 Å². The Morgan fingerprint density at radius 2 is 1.62 bits per heavy atom. The Kier molecular flexibility index (Phi) is 4.93. The molecule has 3 rings (SSSR count). The summed E-state index contributed by atoms with van der Waals surface area (Å²) >= 11 is 0. The van der Waals surface area contributed by atoms with Crippen LogP contribution in [0.15, 0.2) is 53.2 Å². The van der Waals surface area contributed by atoms with E-state index < -0.39 is 0 Å². The van der Waals surface area contributed by atoms with E-state index in [1.54, 1.807) is 55.6 Å². The predicted molar refractivity (Wildman–Crippen MR) is 97.5 cm³/mol. The molecule has 0 aliphatic rings. The highest BCUT2D eigenvalue weighted by molar-refractivity contribution is 6.03. The molecule has 0 spiro atoms. The number of anilines is 4. The molecule has 26 heavy (non-hydrogen) atoms. The number of hydrogen-bond donors (Lipinski definition) is 3. The van der Waals surface area contributed by atoms with Crippen LogP contribution in [0, 0.1) is 6.92 Å². The van der Waals surface area contributed by atoms with E-state index in [1.807, 2.05) is 0 Å². The van der Waals surface area contributed by atoms with Gasteiger partial charge in [0, 0.05) is 24.4 Å². The van der Waals surface area contributed by atoms with Crippen molar-refractivity contribution in [1.82, 2.24) is 10.1 Å². The van der Waals surface area contributed by atoms with Gasteiger partial charge >= 0.3 is 0 Å². The van der Waals surface area contributed by atoms with E-state index in [9.17, 15) is 9.59 Å². The lowest BCUT2D eigenvalue weighted by Gasteiger charge is -2.07. The third-order valence-electron chi connectivity index (χ3n) is 3.36. The van der Waals surface area contributed by atoms with E-state index in [0.29, 0.717) is 28.6 Å². The Hall–Kier alpha value is -3.68. The van der Waals surface area contributed by atoms with E-state index in [1.165, 1.54) is 6.92 Å². The van der Waals surface area contributed by atoms with Crippen molar-refractivity contribution in [1.29, 1.82) is 0 Å². The first-order chi connectivity index (χ1) is 12.5. The van der Waals surface area contributed by atoms with Crippen LogP contribution in [0.4, 0.5) is 22.9 Å². The normalized spacial score (nSPS) is 10.2. The van der Waals surface area contributed by atoms with Gasteiger partial charge in [-0.3, -0.25) is 9.59 Å². The van der Waals surface area contributed by atoms with Gasteiger partial charge in [-0.1, -0.05) is 5.16 Å². The molecule has 3 N–H and O–H groups in total. The summed E-state index contributed by atoms with van der Waals surface area (Å²) in [5.74, 6) is 0.781. The average Bonchev–Trinajstić information content (AvgIpc) is 3.01. The Labute approximate surface area is 149 Å². The number of nitrogens with one attached hydrogen (secondary N) is 3. The standard InChI is InChI=1S/C18H17N5O3/c1-11-9-17(23-26-11)21-15-7-8-16(19-10-15)18(25)22-14-5-3-13(4-6-14)20-12(2)24/h3-10H,1-2H3,(H,20,24)(H,21,23)(H,22,25). The van der Waals surface area contributed by atoms with Gasteiger partial charge in [0.25, 0.3) is 5.91 Å². The van der Waals surface area contributed by atoms with Crippen molar-refractivity contribution >= 4 is 34.7 Å². The van der Waals surface area contributed by atoms with Crippen molar-refractivity contribution in [2.24, 2.45) is 0 Å². The number of nitrogens with zero attached hydrogens (tertiary/aromatic N) is 2. The zero-order valence-electron chi connectivity index (χ0n) is 14.2. The monoisotopic (exact) mass is 351 g/mol. The molecule has 8 heteroatoms. The number of aryl methyl sites for hydroxylation is 1. The first-order valence-electron chi connectivity index (χ1n) is 7.85. The minimum Gasteiger partial charge on any atom is -0.360 e. The summed E-state index contributed by atoms with van der Waals surface area (Å²) in [6.45, 7) is 3.23. The molecule has 0 aliphatic carbocycles. The van der Waals surface area contributed by atoms with Crippen molar-refractivity contribution in [3.05, 3.63) is 60.1 Å². The second kappa shape index (κ2) is 7.47. The van der Waals surface area contributed by atoms with Crippen molar-refractivity contribution in [3.8, 4) is 0 Å². The summed E-state index contributed by atoms with van der Waals surface area (Å²) in [7, 11) is 0. The highest BCUT2D eigenvalue weighted by Gasteiger charge is 2.08. The summed E-state index contributed by atoms with van der Waals surface area (Å²) in [4.78, 5) is 27.4. The van der Waals surface area contributed by atoms with Crippen molar-refractivity contribution in [3.63, 3.8) is 0 Å². The zero-order chi connectivity index (χ0) is 18.5. The van der Waals surface area contributed by atoms with Crippen molar-refractivity contribution in [2.45, 2.75) is 13.8 Å². The smallest absolute Gasteiger partial charge is 0.274 e. The van der Waals surface area contributed by atoms with Crippen LogP contribution in [0.25, 0.3) is 0 Å². The van der Waals surface area contributed by atoms with Gasteiger partial charge in [-0.15, -0.1) is 0 Å². The molecular formula is C18H17N5O3. The van der Waals surface area contributed by atoms with Gasteiger partial charge in [0.1, 0.15) is 11.5 Å². The molecule has 0 atom stereocenters. The van der Waals surface area contributed by atoms with E-state index in [4.69, 9.17) is 4.52 Å². The van der Waals surface area contributed by atoms with Crippen LogP contribution in [-0.2, 0) is 4.79 Å². The quantitative estimate of drug-likeness (QED) is 0.650. The number of rotatable bonds is 5. The Morgan fingerprint density at radius 3 is 2.15 bits per heavy atom. The molecule has 132 valence electrons. The van der Waals surface area contributed by atoms with Gasteiger partial charge in [0.05, 0.1) is 11.9 Å². The minimum atomic E-state index is -0.332. The molecule has 0 bridgehead atoms. The van der Waals surface area contributed by atoms with Gasteiger partial charge in [-0.05, 0) is 43.3 Å². The molecule has 0 radical (unpaired) electrons. The fraction of sp³-hybridized carbons (Fsp3) is 0.111. The van der Waals surface area contributed by atoms with Crippen LogP contribution >= 0.6 is 0 Å². The predicted octanol–water partition coefficient (Wildman–Crippen LogP) is 3.33. The lowest BCUT2D eigenvalue weighted by Crippen LogP contribution is -2.13.